The van der Waals surface area contributed by atoms with Gasteiger partial charge in [-0.25, -0.2) is 0 Å². The fourth-order valence-electron chi connectivity index (χ4n) is 5.84. The number of fused-ring (bicyclic) bond motifs is 1. The maximum Gasteiger partial charge on any atom is 0.184 e. The van der Waals surface area contributed by atoms with Gasteiger partial charge < -0.3 is 4.43 Å². The highest BCUT2D eigenvalue weighted by molar-refractivity contribution is 6.69. The monoisotopic (exact) mass is 352 g/mol. The summed E-state index contributed by atoms with van der Waals surface area (Å²) < 4.78 is 6.35. The number of ketones is 1. The summed E-state index contributed by atoms with van der Waals surface area (Å²) in [7, 11) is -1.48. The second-order valence-electron chi connectivity index (χ2n) is 10.4. The lowest BCUT2D eigenvalue weighted by Crippen LogP contribution is -2.39. The Balaban J connectivity index is 1.87. The van der Waals surface area contributed by atoms with Crippen LogP contribution in [0.15, 0.2) is 0 Å². The molecule has 2 nitrogen and oxygen atoms in total. The van der Waals surface area contributed by atoms with Gasteiger partial charge in [-0.05, 0) is 82.8 Å². The lowest BCUT2D eigenvalue weighted by Gasteiger charge is -2.42. The van der Waals surface area contributed by atoms with E-state index in [1.807, 2.05) is 0 Å². The van der Waals surface area contributed by atoms with Gasteiger partial charge in [0, 0.05) is 12.3 Å². The van der Waals surface area contributed by atoms with E-state index in [1.54, 1.807) is 0 Å². The van der Waals surface area contributed by atoms with Gasteiger partial charge in [0.05, 0.1) is 5.60 Å². The highest BCUT2D eigenvalue weighted by Crippen LogP contribution is 2.57. The third-order valence-electron chi connectivity index (χ3n) is 6.64. The van der Waals surface area contributed by atoms with Crippen molar-refractivity contribution in [3.05, 3.63) is 0 Å². The van der Waals surface area contributed by atoms with Gasteiger partial charge in [0.2, 0.25) is 0 Å². The van der Waals surface area contributed by atoms with Crippen molar-refractivity contribution in [3.8, 4) is 0 Å². The van der Waals surface area contributed by atoms with E-state index >= 15 is 0 Å². The van der Waals surface area contributed by atoms with E-state index in [0.29, 0.717) is 17.1 Å². The van der Waals surface area contributed by atoms with Crippen LogP contribution >= 0.6 is 0 Å². The molecule has 0 unspecified atom stereocenters. The Hall–Kier alpha value is -0.153. The summed E-state index contributed by atoms with van der Waals surface area (Å²) in [4.78, 5) is 12.3. The smallest absolute Gasteiger partial charge is 0.184 e. The molecule has 0 amide bonds. The van der Waals surface area contributed by atoms with Crippen molar-refractivity contribution in [2.45, 2.75) is 104 Å². The fraction of sp³-hybridized carbons (Fsp3) is 0.952. The van der Waals surface area contributed by atoms with Crippen LogP contribution < -0.4 is 0 Å². The molecule has 0 radical (unpaired) electrons. The van der Waals surface area contributed by atoms with Gasteiger partial charge in [-0.15, -0.1) is 0 Å². The Bertz CT molecular complexity index is 451. The van der Waals surface area contributed by atoms with E-state index < -0.39 is 8.32 Å². The number of carbonyl (C=O) groups is 1. The average Bonchev–Trinajstić information content (AvgIpc) is 2.74. The molecule has 140 valence electrons. The van der Waals surface area contributed by atoms with E-state index in [1.165, 1.54) is 25.7 Å². The Morgan fingerprint density at radius 3 is 2.58 bits per heavy atom. The third-order valence-corrected chi connectivity index (χ3v) is 7.81. The van der Waals surface area contributed by atoms with Crippen LogP contribution in [-0.4, -0.2) is 19.7 Å². The van der Waals surface area contributed by atoms with Crippen LogP contribution in [0.5, 0.6) is 0 Å². The Morgan fingerprint density at radius 1 is 1.29 bits per heavy atom. The molecule has 0 spiro atoms. The Kier molecular flexibility index (Phi) is 6.07. The molecule has 3 heteroatoms. The zero-order valence-corrected chi connectivity index (χ0v) is 18.2. The van der Waals surface area contributed by atoms with Crippen LogP contribution in [0.4, 0.5) is 0 Å². The Labute approximate surface area is 151 Å². The first-order valence-corrected chi connectivity index (χ1v) is 13.6. The zero-order valence-electron chi connectivity index (χ0n) is 17.2. The number of carbonyl (C=O) groups excluding carboxylic acids is 1. The predicted octanol–water partition coefficient (Wildman–Crippen LogP) is 6.21. The molecule has 0 aliphatic heterocycles. The largest absolute Gasteiger partial charge is 0.413 e. The highest BCUT2D eigenvalue weighted by Gasteiger charge is 2.52. The van der Waals surface area contributed by atoms with Crippen LogP contribution in [0.3, 0.4) is 0 Å². The normalized spacial score (nSPS) is 32.7. The van der Waals surface area contributed by atoms with Crippen molar-refractivity contribution in [2.24, 2.45) is 23.2 Å². The molecule has 2 saturated carbocycles. The maximum absolute atomic E-state index is 12.3. The van der Waals surface area contributed by atoms with Gasteiger partial charge in [-0.3, -0.25) is 4.79 Å². The molecule has 0 N–H and O–H groups in total. The van der Waals surface area contributed by atoms with Crippen molar-refractivity contribution in [3.63, 3.8) is 0 Å². The van der Waals surface area contributed by atoms with Crippen LogP contribution in [0.2, 0.25) is 19.6 Å². The molecule has 0 aromatic heterocycles. The number of hydrogen-bond acceptors (Lipinski definition) is 2. The summed E-state index contributed by atoms with van der Waals surface area (Å²) in [6.07, 6.45) is 9.30. The minimum Gasteiger partial charge on any atom is -0.413 e. The van der Waals surface area contributed by atoms with Gasteiger partial charge in [0.1, 0.15) is 5.78 Å². The van der Waals surface area contributed by atoms with Crippen LogP contribution in [0.25, 0.3) is 0 Å². The highest BCUT2D eigenvalue weighted by atomic mass is 28.4. The summed E-state index contributed by atoms with van der Waals surface area (Å²) >= 11 is 0. The first kappa shape index (κ1) is 20.2. The molecule has 0 aromatic rings. The molecule has 4 atom stereocenters. The quantitative estimate of drug-likeness (QED) is 0.509. The molecule has 0 heterocycles. The molecule has 2 fully saturated rings. The van der Waals surface area contributed by atoms with Crippen molar-refractivity contribution in [1.29, 1.82) is 0 Å². The minimum atomic E-state index is -1.48. The summed E-state index contributed by atoms with van der Waals surface area (Å²) in [5.41, 5.74) is 0.298. The summed E-state index contributed by atoms with van der Waals surface area (Å²) in [5, 5.41) is 0. The lowest BCUT2D eigenvalue weighted by atomic mass is 9.62. The van der Waals surface area contributed by atoms with Gasteiger partial charge >= 0.3 is 0 Å². The standard InChI is InChI=1S/C21H40O2Si/c1-16(10-8-14-20(2,3)23-24(5,6)7)17-12-13-18-19(22)11-9-15-21(17,18)4/h16-18H,8-15H2,1-7H3/t16-,17+,18-,21+/m0/s1. The molecule has 0 saturated heterocycles. The number of Topliss-reactive ketones (excluding diaryl/α,β-unsaturated/α-hetero) is 1. The maximum atomic E-state index is 12.3. The van der Waals surface area contributed by atoms with E-state index in [2.05, 4.69) is 47.3 Å². The zero-order chi connectivity index (χ0) is 18.2. The first-order chi connectivity index (χ1) is 10.9. The van der Waals surface area contributed by atoms with Gasteiger partial charge in [-0.1, -0.05) is 26.7 Å². The average molecular weight is 353 g/mol. The SMILES string of the molecule is C[C@@H](CCCC(C)(C)O[Si](C)(C)C)[C@H]1CC[C@H]2C(=O)CCC[C@]12C. The predicted molar refractivity (Wildman–Crippen MR) is 105 cm³/mol. The van der Waals surface area contributed by atoms with Gasteiger partial charge in [-0.2, -0.15) is 0 Å². The molecular formula is C21H40O2Si. The molecule has 2 aliphatic rings. The molecule has 2 rings (SSSR count). The van der Waals surface area contributed by atoms with Crippen LogP contribution in [-0.2, 0) is 9.22 Å². The Morgan fingerprint density at radius 2 is 1.96 bits per heavy atom. The summed E-state index contributed by atoms with van der Waals surface area (Å²) in [6.45, 7) is 16.2. The summed E-state index contributed by atoms with van der Waals surface area (Å²) in [5.74, 6) is 2.40. The van der Waals surface area contributed by atoms with Crippen molar-refractivity contribution in [2.75, 3.05) is 0 Å². The van der Waals surface area contributed by atoms with Gasteiger partial charge in [0.25, 0.3) is 0 Å². The molecule has 0 bridgehead atoms. The molecular weight excluding hydrogens is 312 g/mol. The third kappa shape index (κ3) is 4.72. The first-order valence-electron chi connectivity index (χ1n) is 10.2. The fourth-order valence-corrected chi connectivity index (χ4v) is 7.60. The summed E-state index contributed by atoms with van der Waals surface area (Å²) in [6, 6.07) is 0. The van der Waals surface area contributed by atoms with E-state index in [-0.39, 0.29) is 5.60 Å². The second-order valence-corrected chi connectivity index (χ2v) is 14.8. The molecule has 2 aliphatic carbocycles. The van der Waals surface area contributed by atoms with Crippen molar-refractivity contribution >= 4 is 14.1 Å². The van der Waals surface area contributed by atoms with E-state index in [9.17, 15) is 4.79 Å². The molecule has 0 aromatic carbocycles. The topological polar surface area (TPSA) is 26.3 Å². The minimum absolute atomic E-state index is 0.00705. The van der Waals surface area contributed by atoms with E-state index in [0.717, 1.165) is 37.5 Å². The van der Waals surface area contributed by atoms with Crippen LogP contribution in [0, 0.1) is 23.2 Å². The second kappa shape index (κ2) is 7.23. The van der Waals surface area contributed by atoms with Crippen molar-refractivity contribution < 1.29 is 9.22 Å². The number of hydrogen-bond donors (Lipinski definition) is 0. The van der Waals surface area contributed by atoms with Gasteiger partial charge in [0.15, 0.2) is 8.32 Å². The van der Waals surface area contributed by atoms with E-state index in [4.69, 9.17) is 4.43 Å². The molecule has 24 heavy (non-hydrogen) atoms. The van der Waals surface area contributed by atoms with Crippen molar-refractivity contribution in [1.82, 2.24) is 0 Å². The van der Waals surface area contributed by atoms with Crippen LogP contribution in [0.1, 0.15) is 79.1 Å². The number of rotatable bonds is 7. The lowest BCUT2D eigenvalue weighted by molar-refractivity contribution is -0.130.